The third-order valence-corrected chi connectivity index (χ3v) is 4.98. The van der Waals surface area contributed by atoms with E-state index >= 15 is 0 Å². The highest BCUT2D eigenvalue weighted by Gasteiger charge is 2.43. The normalized spacial score (nSPS) is 24.2. The molecule has 1 unspecified atom stereocenters. The van der Waals surface area contributed by atoms with Crippen molar-refractivity contribution in [2.75, 3.05) is 19.7 Å². The zero-order valence-corrected chi connectivity index (χ0v) is 14.1. The lowest BCUT2D eigenvalue weighted by Crippen LogP contribution is -2.45. The van der Waals surface area contributed by atoms with Gasteiger partial charge >= 0.3 is 0 Å². The van der Waals surface area contributed by atoms with Gasteiger partial charge in [0.2, 0.25) is 5.91 Å². The second-order valence-corrected chi connectivity index (χ2v) is 7.20. The van der Waals surface area contributed by atoms with Crippen molar-refractivity contribution < 1.29 is 9.53 Å². The van der Waals surface area contributed by atoms with Crippen LogP contribution in [0.15, 0.2) is 24.5 Å². The number of nitrogens with one attached hydrogen (secondary N) is 1. The minimum Gasteiger partial charge on any atom is -0.373 e. The fourth-order valence-electron chi connectivity index (χ4n) is 3.52. The fourth-order valence-corrected chi connectivity index (χ4v) is 3.52. The Morgan fingerprint density at radius 1 is 1.48 bits per heavy atom. The Hall–Kier alpha value is -1.46. The lowest BCUT2D eigenvalue weighted by molar-refractivity contribution is -0.124. The molecule has 2 fully saturated rings. The second-order valence-electron chi connectivity index (χ2n) is 7.20. The number of carbonyl (C=O) groups is 1. The van der Waals surface area contributed by atoms with Gasteiger partial charge in [-0.05, 0) is 30.9 Å². The summed E-state index contributed by atoms with van der Waals surface area (Å²) in [6, 6.07) is 4.29. The predicted octanol–water partition coefficient (Wildman–Crippen LogP) is 1.98. The van der Waals surface area contributed by atoms with Crippen molar-refractivity contribution in [2.45, 2.75) is 51.3 Å². The predicted molar refractivity (Wildman–Crippen MR) is 88.8 cm³/mol. The van der Waals surface area contributed by atoms with Crippen LogP contribution in [0, 0.1) is 5.92 Å². The number of ether oxygens (including phenoxy) is 1. The highest BCUT2D eigenvalue weighted by atomic mass is 16.5. The van der Waals surface area contributed by atoms with Crippen molar-refractivity contribution in [3.05, 3.63) is 30.1 Å². The molecular weight excluding hydrogens is 290 g/mol. The van der Waals surface area contributed by atoms with Crippen molar-refractivity contribution in [2.24, 2.45) is 5.92 Å². The first-order chi connectivity index (χ1) is 11.1. The van der Waals surface area contributed by atoms with E-state index in [4.69, 9.17) is 4.74 Å². The first-order valence-corrected chi connectivity index (χ1v) is 8.62. The van der Waals surface area contributed by atoms with E-state index in [0.29, 0.717) is 6.61 Å². The minimum absolute atomic E-state index is 0.0274. The van der Waals surface area contributed by atoms with Crippen LogP contribution in [-0.2, 0) is 16.1 Å². The van der Waals surface area contributed by atoms with Gasteiger partial charge in [-0.2, -0.15) is 0 Å². The summed E-state index contributed by atoms with van der Waals surface area (Å²) in [5.41, 5.74) is 1.23. The molecule has 1 aromatic rings. The topological polar surface area (TPSA) is 54.5 Å². The largest absolute Gasteiger partial charge is 0.373 e. The number of hydrogen-bond acceptors (Lipinski definition) is 4. The average Bonchev–Trinajstić information content (AvgIpc) is 2.93. The zero-order valence-electron chi connectivity index (χ0n) is 14.1. The van der Waals surface area contributed by atoms with Crippen molar-refractivity contribution in [3.8, 4) is 0 Å². The van der Waals surface area contributed by atoms with Crippen LogP contribution in [0.4, 0.5) is 0 Å². The van der Waals surface area contributed by atoms with Gasteiger partial charge in [-0.1, -0.05) is 19.9 Å². The third kappa shape index (κ3) is 4.09. The van der Waals surface area contributed by atoms with Gasteiger partial charge < -0.3 is 10.1 Å². The van der Waals surface area contributed by atoms with Gasteiger partial charge in [-0.15, -0.1) is 0 Å². The highest BCUT2D eigenvalue weighted by Crippen LogP contribution is 2.36. The summed E-state index contributed by atoms with van der Waals surface area (Å²) in [6.07, 6.45) is 6.79. The van der Waals surface area contributed by atoms with E-state index in [0.717, 1.165) is 38.9 Å². The first kappa shape index (κ1) is 16.4. The van der Waals surface area contributed by atoms with E-state index in [1.54, 1.807) is 0 Å². The average molecular weight is 317 g/mol. The highest BCUT2D eigenvalue weighted by molar-refractivity contribution is 5.78. The summed E-state index contributed by atoms with van der Waals surface area (Å²) >= 11 is 0. The van der Waals surface area contributed by atoms with Crippen molar-refractivity contribution in [1.82, 2.24) is 15.2 Å². The molecule has 3 rings (SSSR count). The van der Waals surface area contributed by atoms with Crippen molar-refractivity contribution in [3.63, 3.8) is 0 Å². The van der Waals surface area contributed by atoms with Crippen molar-refractivity contribution >= 4 is 5.91 Å². The Morgan fingerprint density at radius 2 is 2.26 bits per heavy atom. The molecule has 1 aromatic heterocycles. The van der Waals surface area contributed by atoms with Crippen LogP contribution in [0.1, 0.15) is 38.7 Å². The van der Waals surface area contributed by atoms with Crippen LogP contribution in [0.2, 0.25) is 0 Å². The van der Waals surface area contributed by atoms with Crippen LogP contribution in [0.5, 0.6) is 0 Å². The molecule has 1 spiro atoms. The number of aromatic nitrogens is 1. The van der Waals surface area contributed by atoms with Crippen LogP contribution in [0.3, 0.4) is 0 Å². The molecule has 2 saturated heterocycles. The number of amides is 1. The molecule has 2 aliphatic heterocycles. The first-order valence-electron chi connectivity index (χ1n) is 8.62. The summed E-state index contributed by atoms with van der Waals surface area (Å²) < 4.78 is 6.12. The molecule has 0 aliphatic carbocycles. The van der Waals surface area contributed by atoms with Crippen LogP contribution in [0.25, 0.3) is 0 Å². The van der Waals surface area contributed by atoms with Gasteiger partial charge in [0, 0.05) is 37.9 Å². The molecule has 1 atom stereocenters. The minimum atomic E-state index is -0.0274. The Kier molecular flexibility index (Phi) is 4.97. The number of nitrogens with zero attached hydrogens (tertiary/aromatic N) is 2. The standard InChI is InChI=1S/C18H27N3O2/c1-14(2)17(22)20-16-10-18(23-13-16)5-8-21(9-6-18)12-15-4-3-7-19-11-15/h3-4,7,11,14,16H,5-6,8-10,12-13H2,1-2H3,(H,20,22). The number of rotatable bonds is 4. The monoisotopic (exact) mass is 317 g/mol. The number of hydrogen-bond donors (Lipinski definition) is 1. The maximum Gasteiger partial charge on any atom is 0.222 e. The van der Waals surface area contributed by atoms with E-state index in [2.05, 4.69) is 21.3 Å². The summed E-state index contributed by atoms with van der Waals surface area (Å²) in [7, 11) is 0. The lowest BCUT2D eigenvalue weighted by atomic mass is 9.87. The van der Waals surface area contributed by atoms with E-state index in [1.807, 2.05) is 32.3 Å². The van der Waals surface area contributed by atoms with E-state index in [9.17, 15) is 4.79 Å². The summed E-state index contributed by atoms with van der Waals surface area (Å²) in [5.74, 6) is 0.164. The molecule has 0 saturated carbocycles. The quantitative estimate of drug-likeness (QED) is 0.922. The molecule has 23 heavy (non-hydrogen) atoms. The number of carbonyl (C=O) groups excluding carboxylic acids is 1. The van der Waals surface area contributed by atoms with Gasteiger partial charge in [-0.3, -0.25) is 14.7 Å². The Balaban J connectivity index is 1.48. The lowest BCUT2D eigenvalue weighted by Gasteiger charge is -2.38. The molecule has 5 heteroatoms. The molecule has 3 heterocycles. The molecule has 0 bridgehead atoms. The molecule has 0 radical (unpaired) electrons. The van der Waals surface area contributed by atoms with E-state index in [1.165, 1.54) is 5.56 Å². The summed E-state index contributed by atoms with van der Waals surface area (Å²) in [4.78, 5) is 18.5. The van der Waals surface area contributed by atoms with Crippen LogP contribution in [-0.4, -0.2) is 47.1 Å². The number of piperidine rings is 1. The van der Waals surface area contributed by atoms with Crippen LogP contribution >= 0.6 is 0 Å². The maximum absolute atomic E-state index is 11.8. The zero-order chi connectivity index (χ0) is 16.3. The van der Waals surface area contributed by atoms with Gasteiger partial charge in [-0.25, -0.2) is 0 Å². The molecule has 5 nitrogen and oxygen atoms in total. The molecule has 126 valence electrons. The van der Waals surface area contributed by atoms with E-state index in [-0.39, 0.29) is 23.5 Å². The molecule has 1 amide bonds. The number of pyridine rings is 1. The SMILES string of the molecule is CC(C)C(=O)NC1COC2(CCN(Cc3cccnc3)CC2)C1. The van der Waals surface area contributed by atoms with Crippen LogP contribution < -0.4 is 5.32 Å². The Bertz CT molecular complexity index is 524. The summed E-state index contributed by atoms with van der Waals surface area (Å²) in [5, 5.41) is 3.12. The maximum atomic E-state index is 11.8. The van der Waals surface area contributed by atoms with E-state index < -0.39 is 0 Å². The molecule has 1 N–H and O–H groups in total. The Labute approximate surface area is 138 Å². The molecule has 0 aromatic carbocycles. The smallest absolute Gasteiger partial charge is 0.222 e. The van der Waals surface area contributed by atoms with Gasteiger partial charge in [0.25, 0.3) is 0 Å². The fraction of sp³-hybridized carbons (Fsp3) is 0.667. The molecular formula is C18H27N3O2. The van der Waals surface area contributed by atoms with Gasteiger partial charge in [0.05, 0.1) is 18.2 Å². The summed E-state index contributed by atoms with van der Waals surface area (Å²) in [6.45, 7) is 7.55. The Morgan fingerprint density at radius 3 is 2.91 bits per heavy atom. The van der Waals surface area contributed by atoms with Crippen molar-refractivity contribution in [1.29, 1.82) is 0 Å². The van der Waals surface area contributed by atoms with Gasteiger partial charge in [0.1, 0.15) is 0 Å². The second kappa shape index (κ2) is 6.97. The molecule has 2 aliphatic rings. The van der Waals surface area contributed by atoms with Gasteiger partial charge in [0.15, 0.2) is 0 Å². The third-order valence-electron chi connectivity index (χ3n) is 4.98. The number of likely N-dealkylation sites (tertiary alicyclic amines) is 1.